The zero-order valence-electron chi connectivity index (χ0n) is 18.2. The van der Waals surface area contributed by atoms with Crippen molar-refractivity contribution in [1.29, 1.82) is 0 Å². The molecule has 0 radical (unpaired) electrons. The van der Waals surface area contributed by atoms with Crippen LogP contribution < -0.4 is 10.2 Å². The number of ether oxygens (including phenoxy) is 1. The minimum Gasteiger partial charge on any atom is -0.484 e. The average Bonchev–Trinajstić information content (AvgIpc) is 3.26. The highest BCUT2D eigenvalue weighted by Crippen LogP contribution is 2.28. The van der Waals surface area contributed by atoms with Crippen molar-refractivity contribution in [2.24, 2.45) is 5.10 Å². The van der Waals surface area contributed by atoms with Gasteiger partial charge in [-0.15, -0.1) is 0 Å². The van der Waals surface area contributed by atoms with Crippen molar-refractivity contribution < 1.29 is 18.9 Å². The van der Waals surface area contributed by atoms with Gasteiger partial charge in [-0.3, -0.25) is 14.9 Å². The molecule has 0 saturated carbocycles. The number of nitrogens with zero attached hydrogens (tertiary/aromatic N) is 2. The van der Waals surface area contributed by atoms with Crippen LogP contribution in [0.3, 0.4) is 0 Å². The summed E-state index contributed by atoms with van der Waals surface area (Å²) in [5.74, 6) is 1.68. The largest absolute Gasteiger partial charge is 0.484 e. The second-order valence-corrected chi connectivity index (χ2v) is 7.42. The molecule has 8 heteroatoms. The van der Waals surface area contributed by atoms with Gasteiger partial charge in [0.05, 0.1) is 11.1 Å². The van der Waals surface area contributed by atoms with Crippen LogP contribution in [0.5, 0.6) is 5.75 Å². The topological polar surface area (TPSA) is 107 Å². The number of nitro benzene ring substituents is 1. The molecule has 0 aliphatic carbocycles. The number of carbonyl (C=O) groups excluding carboxylic acids is 1. The molecular weight excluding hydrogens is 410 g/mol. The molecule has 3 aromatic rings. The van der Waals surface area contributed by atoms with Gasteiger partial charge in [0.25, 0.3) is 11.6 Å². The minimum atomic E-state index is -0.439. The van der Waals surface area contributed by atoms with Gasteiger partial charge in [-0.1, -0.05) is 26.0 Å². The van der Waals surface area contributed by atoms with Crippen LogP contribution in [0, 0.1) is 17.0 Å². The maximum absolute atomic E-state index is 12.0. The standard InChI is InChI=1S/C24H25N3O5/c1-4-16(2)18-5-8-20(9-6-18)31-15-24(28)26-25-14-21-10-12-23(32-21)22-11-7-19(27(29)30)13-17(22)3/h5-14,16H,4,15H2,1-3H3,(H,26,28)/b25-14+/t16-/m0/s1. The summed E-state index contributed by atoms with van der Waals surface area (Å²) in [5, 5.41) is 14.8. The van der Waals surface area contributed by atoms with Gasteiger partial charge in [0, 0.05) is 17.7 Å². The number of carbonyl (C=O) groups is 1. The first-order chi connectivity index (χ1) is 15.4. The molecule has 1 atom stereocenters. The number of hydrogen-bond donors (Lipinski definition) is 1. The first-order valence-electron chi connectivity index (χ1n) is 10.3. The number of aryl methyl sites for hydroxylation is 1. The Hall–Kier alpha value is -3.94. The molecule has 0 unspecified atom stereocenters. The van der Waals surface area contributed by atoms with Crippen molar-refractivity contribution in [2.45, 2.75) is 33.1 Å². The summed E-state index contributed by atoms with van der Waals surface area (Å²) in [5.41, 5.74) is 5.11. The molecular formula is C24H25N3O5. The van der Waals surface area contributed by atoms with Crippen molar-refractivity contribution in [2.75, 3.05) is 6.61 Å². The molecule has 0 aliphatic rings. The zero-order chi connectivity index (χ0) is 23.1. The van der Waals surface area contributed by atoms with Crippen molar-refractivity contribution in [3.63, 3.8) is 0 Å². The Morgan fingerprint density at radius 2 is 1.97 bits per heavy atom. The number of amides is 1. The molecule has 0 saturated heterocycles. The van der Waals surface area contributed by atoms with Crippen LogP contribution in [0.15, 0.2) is 64.1 Å². The highest BCUT2D eigenvalue weighted by Gasteiger charge is 2.12. The summed E-state index contributed by atoms with van der Waals surface area (Å²) in [6.45, 7) is 5.92. The predicted molar refractivity (Wildman–Crippen MR) is 122 cm³/mol. The molecule has 0 spiro atoms. The Morgan fingerprint density at radius 1 is 1.22 bits per heavy atom. The lowest BCUT2D eigenvalue weighted by atomic mass is 9.99. The number of nitrogens with one attached hydrogen (secondary N) is 1. The first-order valence-corrected chi connectivity index (χ1v) is 10.3. The number of rotatable bonds is 9. The van der Waals surface area contributed by atoms with E-state index in [9.17, 15) is 14.9 Å². The third kappa shape index (κ3) is 5.81. The Balaban J connectivity index is 1.51. The van der Waals surface area contributed by atoms with Gasteiger partial charge in [0.1, 0.15) is 17.3 Å². The minimum absolute atomic E-state index is 0.0241. The summed E-state index contributed by atoms with van der Waals surface area (Å²) in [6, 6.07) is 15.7. The van der Waals surface area contributed by atoms with Crippen LogP contribution in [0.4, 0.5) is 5.69 Å². The molecule has 0 fully saturated rings. The Kier molecular flexibility index (Phi) is 7.38. The number of hydrazone groups is 1. The number of benzene rings is 2. The number of furan rings is 1. The van der Waals surface area contributed by atoms with Crippen LogP contribution in [0.2, 0.25) is 0 Å². The van der Waals surface area contributed by atoms with E-state index in [1.54, 1.807) is 25.1 Å². The van der Waals surface area contributed by atoms with E-state index in [1.807, 2.05) is 24.3 Å². The number of non-ortho nitro benzene ring substituents is 1. The van der Waals surface area contributed by atoms with Gasteiger partial charge < -0.3 is 9.15 Å². The van der Waals surface area contributed by atoms with E-state index in [4.69, 9.17) is 9.15 Å². The molecule has 1 heterocycles. The van der Waals surface area contributed by atoms with Gasteiger partial charge in [-0.05, 0) is 60.7 Å². The maximum Gasteiger partial charge on any atom is 0.277 e. The SMILES string of the molecule is CC[C@H](C)c1ccc(OCC(=O)N/N=C/c2ccc(-c3ccc([N+](=O)[O-])cc3C)o2)cc1. The van der Waals surface area contributed by atoms with Gasteiger partial charge in [-0.2, -0.15) is 5.10 Å². The molecule has 8 nitrogen and oxygen atoms in total. The Bertz CT molecular complexity index is 1120. The van der Waals surface area contributed by atoms with Gasteiger partial charge in [0.15, 0.2) is 6.61 Å². The molecule has 3 rings (SSSR count). The maximum atomic E-state index is 12.0. The summed E-state index contributed by atoms with van der Waals surface area (Å²) in [6.07, 6.45) is 2.44. The third-order valence-electron chi connectivity index (χ3n) is 5.13. The van der Waals surface area contributed by atoms with E-state index in [2.05, 4.69) is 24.4 Å². The van der Waals surface area contributed by atoms with E-state index in [0.717, 1.165) is 17.5 Å². The second kappa shape index (κ2) is 10.4. The highest BCUT2D eigenvalue weighted by molar-refractivity contribution is 5.81. The van der Waals surface area contributed by atoms with E-state index >= 15 is 0 Å². The summed E-state index contributed by atoms with van der Waals surface area (Å²) in [4.78, 5) is 22.4. The summed E-state index contributed by atoms with van der Waals surface area (Å²) in [7, 11) is 0. The second-order valence-electron chi connectivity index (χ2n) is 7.42. The van der Waals surface area contributed by atoms with Crippen molar-refractivity contribution in [1.82, 2.24) is 5.43 Å². The fourth-order valence-electron chi connectivity index (χ4n) is 3.08. The predicted octanol–water partition coefficient (Wildman–Crippen LogP) is 5.21. The molecule has 166 valence electrons. The van der Waals surface area contributed by atoms with Crippen LogP contribution in [-0.2, 0) is 4.79 Å². The fourth-order valence-corrected chi connectivity index (χ4v) is 3.08. The van der Waals surface area contributed by atoms with Crippen LogP contribution in [0.1, 0.15) is 43.1 Å². The molecule has 1 amide bonds. The quantitative estimate of drug-likeness (QED) is 0.282. The van der Waals surface area contributed by atoms with Gasteiger partial charge in [0.2, 0.25) is 0 Å². The third-order valence-corrected chi connectivity index (χ3v) is 5.13. The van der Waals surface area contributed by atoms with Crippen LogP contribution in [-0.4, -0.2) is 23.7 Å². The van der Waals surface area contributed by atoms with Gasteiger partial charge in [-0.25, -0.2) is 5.43 Å². The normalized spacial score (nSPS) is 12.0. The number of nitro groups is 1. The van der Waals surface area contributed by atoms with E-state index in [0.29, 0.717) is 23.2 Å². The van der Waals surface area contributed by atoms with E-state index in [-0.39, 0.29) is 12.3 Å². The summed E-state index contributed by atoms with van der Waals surface area (Å²) < 4.78 is 11.2. The van der Waals surface area contributed by atoms with Crippen LogP contribution in [0.25, 0.3) is 11.3 Å². The summed E-state index contributed by atoms with van der Waals surface area (Å²) >= 11 is 0. The molecule has 2 aromatic carbocycles. The van der Waals surface area contributed by atoms with Crippen molar-refractivity contribution in [3.8, 4) is 17.1 Å². The van der Waals surface area contributed by atoms with Crippen LogP contribution >= 0.6 is 0 Å². The Morgan fingerprint density at radius 3 is 2.62 bits per heavy atom. The average molecular weight is 435 g/mol. The number of hydrogen-bond acceptors (Lipinski definition) is 6. The molecule has 0 bridgehead atoms. The fraction of sp³-hybridized carbons (Fsp3) is 0.250. The van der Waals surface area contributed by atoms with Crippen molar-refractivity contribution >= 4 is 17.8 Å². The molecule has 0 aliphatic heterocycles. The molecule has 1 N–H and O–H groups in total. The van der Waals surface area contributed by atoms with E-state index < -0.39 is 10.8 Å². The lowest BCUT2D eigenvalue weighted by molar-refractivity contribution is -0.384. The lowest BCUT2D eigenvalue weighted by Crippen LogP contribution is -2.24. The zero-order valence-corrected chi connectivity index (χ0v) is 18.2. The Labute approximate surface area is 186 Å². The van der Waals surface area contributed by atoms with Crippen molar-refractivity contribution in [3.05, 3.63) is 81.6 Å². The highest BCUT2D eigenvalue weighted by atomic mass is 16.6. The lowest BCUT2D eigenvalue weighted by Gasteiger charge is -2.10. The monoisotopic (exact) mass is 435 g/mol. The molecule has 1 aromatic heterocycles. The molecule has 32 heavy (non-hydrogen) atoms. The first kappa shape index (κ1) is 22.7. The van der Waals surface area contributed by atoms with Gasteiger partial charge >= 0.3 is 0 Å². The van der Waals surface area contributed by atoms with E-state index in [1.165, 1.54) is 23.9 Å². The smallest absolute Gasteiger partial charge is 0.277 e.